The molecule has 0 fully saturated rings. The molecule has 0 rings (SSSR count). The second kappa shape index (κ2) is 10.9. The van der Waals surface area contributed by atoms with Crippen LogP contribution in [0.5, 0.6) is 0 Å². The van der Waals surface area contributed by atoms with Crippen LogP contribution in [-0.2, 0) is 13.0 Å². The number of hydrogen-bond acceptors (Lipinski definition) is 8. The van der Waals surface area contributed by atoms with E-state index >= 15 is 0 Å². The number of aliphatic hydroxyl groups is 4. The van der Waals surface area contributed by atoms with Crippen LogP contribution in [-0.4, -0.2) is 82.1 Å². The first-order valence-corrected chi connectivity index (χ1v) is 18.6. The van der Waals surface area contributed by atoms with Crippen LogP contribution in [0.25, 0.3) is 0 Å². The lowest BCUT2D eigenvalue weighted by Gasteiger charge is -2.38. The third kappa shape index (κ3) is 10.7. The van der Waals surface area contributed by atoms with E-state index in [1.54, 1.807) is 0 Å². The molecule has 0 saturated heterocycles. The lowest BCUT2D eigenvalue weighted by atomic mass is 10.1. The van der Waals surface area contributed by atoms with Gasteiger partial charge in [0.15, 0.2) is 16.6 Å². The van der Waals surface area contributed by atoms with Crippen molar-refractivity contribution in [2.75, 3.05) is 13.2 Å². The van der Waals surface area contributed by atoms with Gasteiger partial charge in [0.05, 0.1) is 12.3 Å². The molecule has 12 heteroatoms. The van der Waals surface area contributed by atoms with Crippen molar-refractivity contribution in [2.24, 2.45) is 0 Å². The van der Waals surface area contributed by atoms with Crippen LogP contribution >= 0.6 is 0 Å². The SMILES string of the molecule is C[Si](C)(C)O[Si](C)(CCCN/C(=C(\O)C(=O)O)[C@H](O)[C@@H](O)CO)O[Si](C)(C)C. The molecule has 166 valence electrons. The average molecular weight is 456 g/mol. The van der Waals surface area contributed by atoms with Crippen molar-refractivity contribution in [3.8, 4) is 0 Å². The van der Waals surface area contributed by atoms with Gasteiger partial charge in [-0.25, -0.2) is 4.79 Å². The van der Waals surface area contributed by atoms with Crippen molar-refractivity contribution < 1.29 is 38.6 Å². The van der Waals surface area contributed by atoms with E-state index in [4.69, 9.17) is 18.4 Å². The Hall–Kier alpha value is -0.739. The smallest absolute Gasteiger partial charge is 0.372 e. The Labute approximate surface area is 170 Å². The Morgan fingerprint density at radius 1 is 0.964 bits per heavy atom. The number of rotatable bonds is 13. The second-order valence-electron chi connectivity index (χ2n) is 8.86. The Bertz CT molecular complexity index is 529. The number of aliphatic carboxylic acids is 1. The minimum atomic E-state index is -2.46. The molecular weight excluding hydrogens is 418 g/mol. The third-order valence-electron chi connectivity index (χ3n) is 3.47. The molecule has 0 aliphatic heterocycles. The summed E-state index contributed by atoms with van der Waals surface area (Å²) in [5.74, 6) is -2.74. The number of nitrogens with one attached hydrogen (secondary N) is 1. The zero-order chi connectivity index (χ0) is 22.3. The maximum absolute atomic E-state index is 11.0. The molecule has 2 atom stereocenters. The molecule has 0 amide bonds. The summed E-state index contributed by atoms with van der Waals surface area (Å²) in [6.45, 7) is 14.1. The Kier molecular flexibility index (Phi) is 10.6. The molecule has 0 saturated carbocycles. The van der Waals surface area contributed by atoms with Gasteiger partial charge in [0.25, 0.3) is 0 Å². The van der Waals surface area contributed by atoms with Crippen LogP contribution < -0.4 is 5.32 Å². The molecule has 0 bridgehead atoms. The predicted molar refractivity (Wildman–Crippen MR) is 114 cm³/mol. The first kappa shape index (κ1) is 27.3. The van der Waals surface area contributed by atoms with Gasteiger partial charge in [0.2, 0.25) is 5.76 Å². The van der Waals surface area contributed by atoms with Gasteiger partial charge in [-0.1, -0.05) is 0 Å². The highest BCUT2D eigenvalue weighted by atomic mass is 28.5. The van der Waals surface area contributed by atoms with Crippen molar-refractivity contribution in [3.63, 3.8) is 0 Å². The summed E-state index contributed by atoms with van der Waals surface area (Å²) >= 11 is 0. The third-order valence-corrected chi connectivity index (χ3v) is 13.1. The summed E-state index contributed by atoms with van der Waals surface area (Å²) in [5.41, 5.74) is -0.436. The van der Waals surface area contributed by atoms with Gasteiger partial charge in [0.1, 0.15) is 12.2 Å². The van der Waals surface area contributed by atoms with E-state index in [1.807, 2.05) is 6.55 Å². The van der Waals surface area contributed by atoms with Gasteiger partial charge in [-0.15, -0.1) is 0 Å². The zero-order valence-corrected chi connectivity index (χ0v) is 20.9. The fourth-order valence-corrected chi connectivity index (χ4v) is 15.3. The molecule has 0 aliphatic carbocycles. The minimum Gasteiger partial charge on any atom is -0.501 e. The highest BCUT2D eigenvalue weighted by Gasteiger charge is 2.39. The van der Waals surface area contributed by atoms with Crippen molar-refractivity contribution in [2.45, 2.75) is 70.5 Å². The Balaban J connectivity index is 5.16. The molecule has 28 heavy (non-hydrogen) atoms. The maximum atomic E-state index is 11.0. The topological polar surface area (TPSA) is 149 Å². The summed E-state index contributed by atoms with van der Waals surface area (Å²) in [7, 11) is -6.13. The van der Waals surface area contributed by atoms with Crippen molar-refractivity contribution in [1.82, 2.24) is 5.32 Å². The first-order valence-electron chi connectivity index (χ1n) is 9.29. The number of hydrogen-bond donors (Lipinski definition) is 6. The number of carboxylic acid groups (broad SMARTS) is 1. The van der Waals surface area contributed by atoms with E-state index in [0.29, 0.717) is 12.5 Å². The van der Waals surface area contributed by atoms with E-state index in [0.717, 1.165) is 0 Å². The summed E-state index contributed by atoms with van der Waals surface area (Å²) in [6.07, 6.45) is -2.81. The van der Waals surface area contributed by atoms with Crippen LogP contribution in [0.2, 0.25) is 51.9 Å². The normalized spacial score (nSPS) is 16.4. The van der Waals surface area contributed by atoms with Crippen LogP contribution in [0.3, 0.4) is 0 Å². The van der Waals surface area contributed by atoms with Crippen LogP contribution in [0.4, 0.5) is 0 Å². The molecular formula is C16H37NO8Si3. The summed E-state index contributed by atoms with van der Waals surface area (Å²) in [4.78, 5) is 11.0. The summed E-state index contributed by atoms with van der Waals surface area (Å²) < 4.78 is 12.8. The molecule has 0 heterocycles. The van der Waals surface area contributed by atoms with Gasteiger partial charge in [-0.3, -0.25) is 0 Å². The molecule has 0 aromatic heterocycles. The molecule has 6 N–H and O–H groups in total. The largest absolute Gasteiger partial charge is 0.501 e. The van der Waals surface area contributed by atoms with E-state index in [9.17, 15) is 20.1 Å². The van der Waals surface area contributed by atoms with E-state index < -0.39 is 61.4 Å². The van der Waals surface area contributed by atoms with Crippen LogP contribution in [0.1, 0.15) is 6.42 Å². The first-order chi connectivity index (χ1) is 12.5. The van der Waals surface area contributed by atoms with Gasteiger partial charge in [-0.05, 0) is 58.3 Å². The number of carbonyl (C=O) groups is 1. The highest BCUT2D eigenvalue weighted by molar-refractivity contribution is 6.87. The second-order valence-corrected chi connectivity index (χ2v) is 21.7. The van der Waals surface area contributed by atoms with Gasteiger partial charge < -0.3 is 39.1 Å². The molecule has 0 spiro atoms. The number of carboxylic acids is 1. The van der Waals surface area contributed by atoms with Crippen LogP contribution in [0.15, 0.2) is 11.5 Å². The maximum Gasteiger partial charge on any atom is 0.372 e. The molecule has 9 nitrogen and oxygen atoms in total. The lowest BCUT2D eigenvalue weighted by Crippen LogP contribution is -2.52. The summed E-state index contributed by atoms with van der Waals surface area (Å²) in [6, 6.07) is 0.647. The average Bonchev–Trinajstić information content (AvgIpc) is 2.49. The van der Waals surface area contributed by atoms with Gasteiger partial charge in [-0.2, -0.15) is 0 Å². The molecule has 0 unspecified atom stereocenters. The monoisotopic (exact) mass is 455 g/mol. The quantitative estimate of drug-likeness (QED) is 0.105. The highest BCUT2D eigenvalue weighted by Crippen LogP contribution is 2.25. The number of aliphatic hydroxyl groups excluding tert-OH is 4. The van der Waals surface area contributed by atoms with Crippen molar-refractivity contribution in [1.29, 1.82) is 0 Å². The van der Waals surface area contributed by atoms with Crippen LogP contribution in [0, 0.1) is 0 Å². The molecule has 0 aromatic carbocycles. The van der Waals surface area contributed by atoms with Gasteiger partial charge >= 0.3 is 14.5 Å². The zero-order valence-electron chi connectivity index (χ0n) is 17.9. The molecule has 0 aliphatic rings. The minimum absolute atomic E-state index is 0.231. The fourth-order valence-electron chi connectivity index (χ4n) is 2.79. The van der Waals surface area contributed by atoms with E-state index in [-0.39, 0.29) is 6.54 Å². The van der Waals surface area contributed by atoms with E-state index in [1.165, 1.54) is 0 Å². The van der Waals surface area contributed by atoms with Gasteiger partial charge in [0, 0.05) is 6.54 Å². The lowest BCUT2D eigenvalue weighted by molar-refractivity contribution is -0.136. The molecule has 0 radical (unpaired) electrons. The van der Waals surface area contributed by atoms with Crippen molar-refractivity contribution in [3.05, 3.63) is 11.5 Å². The Morgan fingerprint density at radius 2 is 1.43 bits per heavy atom. The Morgan fingerprint density at radius 3 is 1.79 bits per heavy atom. The fraction of sp³-hybridized carbons (Fsp3) is 0.812. The standard InChI is InChI=1S/C16H37NO8Si3/c1-26(2,3)24-28(7,25-27(4,5)6)10-8-9-17-13(15(21)16(22)23)14(20)12(19)11-18/h12,14,17-21H,8-11H2,1-7H3,(H,22,23)/b15-13-/t12-,14+/m0/s1. The molecule has 0 aromatic rings. The van der Waals surface area contributed by atoms with Crippen molar-refractivity contribution >= 4 is 31.2 Å². The summed E-state index contributed by atoms with van der Waals surface area (Å²) in [5, 5.41) is 49.9. The van der Waals surface area contributed by atoms with E-state index in [2.05, 4.69) is 44.6 Å². The predicted octanol–water partition coefficient (Wildman–Crippen LogP) is 1.31.